The molecule has 2 aromatic rings. The number of rotatable bonds is 5. The summed E-state index contributed by atoms with van der Waals surface area (Å²) in [6.45, 7) is 0.458. The second kappa shape index (κ2) is 5.61. The van der Waals surface area contributed by atoms with Crippen LogP contribution >= 0.6 is 12.2 Å². The topological polar surface area (TPSA) is 87.0 Å². The first kappa shape index (κ1) is 13.2. The Morgan fingerprint density at radius 1 is 1.47 bits per heavy atom. The van der Waals surface area contributed by atoms with Crippen LogP contribution in [0.4, 0.5) is 5.69 Å². The predicted octanol–water partition coefficient (Wildman–Crippen LogP) is 1.24. The molecule has 0 saturated carbocycles. The number of carboxylic acid groups (broad SMARTS) is 1. The number of nitrogens with one attached hydrogen (secondary N) is 1. The zero-order valence-electron chi connectivity index (χ0n) is 10.3. The molecule has 0 fully saturated rings. The summed E-state index contributed by atoms with van der Waals surface area (Å²) < 4.78 is 1.93. The van der Waals surface area contributed by atoms with E-state index >= 15 is 0 Å². The van der Waals surface area contributed by atoms with Crippen molar-refractivity contribution in [3.05, 3.63) is 29.0 Å². The predicted molar refractivity (Wildman–Crippen MR) is 72.1 cm³/mol. The minimum atomic E-state index is -0.807. The molecule has 0 aliphatic heterocycles. The summed E-state index contributed by atoms with van der Waals surface area (Å²) in [5.41, 5.74) is 1.76. The smallest absolute Gasteiger partial charge is 0.305 e. The van der Waals surface area contributed by atoms with Gasteiger partial charge in [0.15, 0.2) is 0 Å². The maximum Gasteiger partial charge on any atom is 0.305 e. The van der Waals surface area contributed by atoms with Gasteiger partial charge in [0.2, 0.25) is 4.77 Å². The lowest BCUT2D eigenvalue weighted by molar-refractivity contribution is -0.136. The maximum atomic E-state index is 10.5. The number of aromatic amines is 1. The molecule has 0 spiro atoms. The Labute approximate surface area is 114 Å². The number of hydrogen-bond acceptors (Lipinski definition) is 5. The van der Waals surface area contributed by atoms with E-state index in [1.807, 2.05) is 36.2 Å². The fraction of sp³-hybridized carbons (Fsp3) is 0.273. The maximum absolute atomic E-state index is 10.5. The van der Waals surface area contributed by atoms with E-state index < -0.39 is 5.97 Å². The van der Waals surface area contributed by atoms with Crippen molar-refractivity contribution in [3.63, 3.8) is 0 Å². The van der Waals surface area contributed by atoms with Gasteiger partial charge >= 0.3 is 5.97 Å². The molecule has 2 N–H and O–H groups in total. The summed E-state index contributed by atoms with van der Waals surface area (Å²) in [6, 6.07) is 7.50. The SMILES string of the molecule is CN(CCC(=O)O)c1ccc(-n2[nH]nnc2=S)cc1. The van der Waals surface area contributed by atoms with Gasteiger partial charge in [0.05, 0.1) is 12.1 Å². The molecule has 1 heterocycles. The third kappa shape index (κ3) is 3.16. The summed E-state index contributed by atoms with van der Waals surface area (Å²) in [7, 11) is 1.85. The number of H-pyrrole nitrogens is 1. The highest BCUT2D eigenvalue weighted by Crippen LogP contribution is 2.16. The first-order valence-electron chi connectivity index (χ1n) is 5.61. The highest BCUT2D eigenvalue weighted by atomic mass is 32.1. The molecule has 8 heteroatoms. The van der Waals surface area contributed by atoms with Crippen molar-refractivity contribution in [2.24, 2.45) is 0 Å². The van der Waals surface area contributed by atoms with Crippen molar-refractivity contribution < 1.29 is 9.90 Å². The van der Waals surface area contributed by atoms with Crippen LogP contribution in [0.3, 0.4) is 0 Å². The van der Waals surface area contributed by atoms with Gasteiger partial charge in [-0.15, -0.1) is 0 Å². The summed E-state index contributed by atoms with van der Waals surface area (Å²) in [5, 5.41) is 18.6. The number of aromatic nitrogens is 4. The normalized spacial score (nSPS) is 10.4. The van der Waals surface area contributed by atoms with Gasteiger partial charge in [-0.25, -0.2) is 4.68 Å². The van der Waals surface area contributed by atoms with Gasteiger partial charge < -0.3 is 10.0 Å². The number of aliphatic carboxylic acids is 1. The van der Waals surface area contributed by atoms with Gasteiger partial charge in [0.1, 0.15) is 0 Å². The van der Waals surface area contributed by atoms with Crippen LogP contribution in [0, 0.1) is 4.77 Å². The molecule has 7 nitrogen and oxygen atoms in total. The molecule has 0 atom stereocenters. The lowest BCUT2D eigenvalue weighted by Crippen LogP contribution is -2.20. The van der Waals surface area contributed by atoms with Crippen LogP contribution in [-0.2, 0) is 4.79 Å². The molecule has 0 aliphatic carbocycles. The van der Waals surface area contributed by atoms with E-state index in [2.05, 4.69) is 15.5 Å². The highest BCUT2D eigenvalue weighted by Gasteiger charge is 2.05. The van der Waals surface area contributed by atoms with Crippen LogP contribution in [0.5, 0.6) is 0 Å². The molecule has 0 amide bonds. The molecule has 0 radical (unpaired) electrons. The summed E-state index contributed by atoms with van der Waals surface area (Å²) in [6.07, 6.45) is 0.105. The quantitative estimate of drug-likeness (QED) is 0.801. The van der Waals surface area contributed by atoms with Crippen LogP contribution in [0.2, 0.25) is 0 Å². The average Bonchev–Trinajstić information content (AvgIpc) is 2.82. The van der Waals surface area contributed by atoms with Crippen LogP contribution in [0.15, 0.2) is 24.3 Å². The molecule has 0 bridgehead atoms. The van der Waals surface area contributed by atoms with E-state index in [-0.39, 0.29) is 6.42 Å². The van der Waals surface area contributed by atoms with Crippen molar-refractivity contribution in [3.8, 4) is 5.69 Å². The highest BCUT2D eigenvalue weighted by molar-refractivity contribution is 7.71. The number of anilines is 1. The molecule has 2 rings (SSSR count). The Bertz CT molecular complexity index is 619. The fourth-order valence-electron chi connectivity index (χ4n) is 1.61. The largest absolute Gasteiger partial charge is 0.481 e. The summed E-state index contributed by atoms with van der Waals surface area (Å²) >= 11 is 5.00. The van der Waals surface area contributed by atoms with E-state index in [1.165, 1.54) is 0 Å². The van der Waals surface area contributed by atoms with Crippen LogP contribution in [-0.4, -0.2) is 44.9 Å². The monoisotopic (exact) mass is 279 g/mol. The number of nitrogens with zero attached hydrogens (tertiary/aromatic N) is 4. The number of hydrogen-bond donors (Lipinski definition) is 2. The second-order valence-corrected chi connectivity index (χ2v) is 4.36. The van der Waals surface area contributed by atoms with E-state index in [0.29, 0.717) is 11.3 Å². The minimum absolute atomic E-state index is 0.105. The van der Waals surface area contributed by atoms with Crippen molar-refractivity contribution in [1.29, 1.82) is 0 Å². The van der Waals surface area contributed by atoms with Crippen molar-refractivity contribution in [2.75, 3.05) is 18.5 Å². The van der Waals surface area contributed by atoms with E-state index in [0.717, 1.165) is 11.4 Å². The van der Waals surface area contributed by atoms with Crippen LogP contribution < -0.4 is 4.90 Å². The van der Waals surface area contributed by atoms with Gasteiger partial charge in [-0.3, -0.25) is 4.79 Å². The average molecular weight is 279 g/mol. The number of tetrazole rings is 1. The third-order valence-corrected chi connectivity index (χ3v) is 2.95. The van der Waals surface area contributed by atoms with Crippen molar-refractivity contribution >= 4 is 23.9 Å². The van der Waals surface area contributed by atoms with Crippen LogP contribution in [0.25, 0.3) is 5.69 Å². The van der Waals surface area contributed by atoms with E-state index in [1.54, 1.807) is 4.68 Å². The Morgan fingerprint density at radius 2 is 2.16 bits per heavy atom. The Balaban J connectivity index is 2.12. The number of benzene rings is 1. The number of carbonyl (C=O) groups is 1. The third-order valence-electron chi connectivity index (χ3n) is 2.68. The molecule has 1 aromatic carbocycles. The molecule has 1 aromatic heterocycles. The lowest BCUT2D eigenvalue weighted by Gasteiger charge is -2.18. The van der Waals surface area contributed by atoms with E-state index in [9.17, 15) is 4.79 Å². The molecule has 0 saturated heterocycles. The summed E-state index contributed by atoms with van der Waals surface area (Å²) in [5.74, 6) is -0.807. The Hall–Kier alpha value is -2.22. The Kier molecular flexibility index (Phi) is 3.91. The second-order valence-electron chi connectivity index (χ2n) is 4.00. The molecule has 0 unspecified atom stereocenters. The van der Waals surface area contributed by atoms with Gasteiger partial charge in [0.25, 0.3) is 0 Å². The lowest BCUT2D eigenvalue weighted by atomic mass is 10.2. The Morgan fingerprint density at radius 3 is 2.68 bits per heavy atom. The summed E-state index contributed by atoms with van der Waals surface area (Å²) in [4.78, 5) is 12.4. The fourth-order valence-corrected chi connectivity index (χ4v) is 1.80. The van der Waals surface area contributed by atoms with Gasteiger partial charge in [0, 0.05) is 19.3 Å². The molecular weight excluding hydrogens is 266 g/mol. The van der Waals surface area contributed by atoms with Gasteiger partial charge in [-0.05, 0) is 36.5 Å². The van der Waals surface area contributed by atoms with E-state index in [4.69, 9.17) is 17.3 Å². The first-order chi connectivity index (χ1) is 9.08. The van der Waals surface area contributed by atoms with Crippen molar-refractivity contribution in [1.82, 2.24) is 20.2 Å². The molecular formula is C11H13N5O2S. The molecule has 100 valence electrons. The molecule has 0 aliphatic rings. The van der Waals surface area contributed by atoms with Crippen molar-refractivity contribution in [2.45, 2.75) is 6.42 Å². The zero-order chi connectivity index (χ0) is 13.8. The first-order valence-corrected chi connectivity index (χ1v) is 6.02. The minimum Gasteiger partial charge on any atom is -0.481 e. The van der Waals surface area contributed by atoms with Crippen LogP contribution in [0.1, 0.15) is 6.42 Å². The van der Waals surface area contributed by atoms with Gasteiger partial charge in [-0.2, -0.15) is 5.21 Å². The number of carboxylic acids is 1. The van der Waals surface area contributed by atoms with Gasteiger partial charge in [-0.1, -0.05) is 10.3 Å². The zero-order valence-corrected chi connectivity index (χ0v) is 11.1. The standard InChI is InChI=1S/C11H13N5O2S/c1-15(7-6-10(17)18)8-2-4-9(5-3-8)16-11(19)12-13-14-16/h2-5H,6-7H2,1H3,(H,17,18)(H,12,14,19). The molecule has 19 heavy (non-hydrogen) atoms.